The summed E-state index contributed by atoms with van der Waals surface area (Å²) in [6, 6.07) is 0. The number of ether oxygens (including phenoxy) is 1. The molecule has 0 N–H and O–H groups in total. The second kappa shape index (κ2) is 4.75. The monoisotopic (exact) mass is 222 g/mol. The third-order valence-corrected chi connectivity index (χ3v) is 1.77. The minimum absolute atomic E-state index is 0.129. The third kappa shape index (κ3) is 5.24. The molecule has 0 spiro atoms. The maximum absolute atomic E-state index is 10.9. The highest BCUT2D eigenvalue weighted by Crippen LogP contribution is 2.16. The first kappa shape index (κ1) is 11.0. The van der Waals surface area contributed by atoms with Gasteiger partial charge in [-0.25, -0.2) is 0 Å². The fourth-order valence-corrected chi connectivity index (χ4v) is 1.61. The lowest BCUT2D eigenvalue weighted by atomic mass is 10.1. The predicted octanol–water partition coefficient (Wildman–Crippen LogP) is 2.50. The molecule has 0 aliphatic rings. The van der Waals surface area contributed by atoms with Crippen LogP contribution in [0.25, 0.3) is 0 Å². The van der Waals surface area contributed by atoms with Gasteiger partial charge in [0.15, 0.2) is 0 Å². The number of halogens is 1. The van der Waals surface area contributed by atoms with E-state index in [4.69, 9.17) is 4.74 Å². The lowest BCUT2D eigenvalue weighted by Gasteiger charge is -2.23. The first-order chi connectivity index (χ1) is 5.02. The summed E-state index contributed by atoms with van der Waals surface area (Å²) in [6.07, 6.45) is 1.30. The van der Waals surface area contributed by atoms with E-state index in [-0.39, 0.29) is 11.6 Å². The van der Waals surface area contributed by atoms with E-state index in [9.17, 15) is 4.79 Å². The van der Waals surface area contributed by atoms with Gasteiger partial charge in [-0.1, -0.05) is 22.9 Å². The fraction of sp³-hybridized carbons (Fsp3) is 0.875. The highest BCUT2D eigenvalue weighted by Gasteiger charge is 2.20. The maximum Gasteiger partial charge on any atom is 0.306 e. The Bertz CT molecular complexity index is 132. The number of hydrogen-bond donors (Lipinski definition) is 0. The van der Waals surface area contributed by atoms with Crippen LogP contribution in [0.1, 0.15) is 33.6 Å². The summed E-state index contributed by atoms with van der Waals surface area (Å²) in [7, 11) is 0. The van der Waals surface area contributed by atoms with Crippen LogP contribution in [0.15, 0.2) is 0 Å². The Morgan fingerprint density at radius 2 is 2.09 bits per heavy atom. The van der Waals surface area contributed by atoms with Crippen LogP contribution in [0.5, 0.6) is 0 Å². The van der Waals surface area contributed by atoms with Crippen molar-refractivity contribution in [3.8, 4) is 0 Å². The molecule has 0 fully saturated rings. The molecule has 0 heterocycles. The first-order valence-electron chi connectivity index (χ1n) is 3.79. The highest BCUT2D eigenvalue weighted by atomic mass is 79.9. The van der Waals surface area contributed by atoms with E-state index in [0.717, 1.165) is 11.8 Å². The summed E-state index contributed by atoms with van der Waals surface area (Å²) in [6.45, 7) is 5.64. The van der Waals surface area contributed by atoms with E-state index in [0.29, 0.717) is 6.42 Å². The molecular formula is C8H15BrO2. The third-order valence-electron chi connectivity index (χ3n) is 1.38. The molecule has 0 saturated heterocycles. The normalized spacial score (nSPS) is 11.3. The van der Waals surface area contributed by atoms with Gasteiger partial charge >= 0.3 is 5.97 Å². The van der Waals surface area contributed by atoms with E-state index >= 15 is 0 Å². The van der Waals surface area contributed by atoms with Gasteiger partial charge in [-0.2, -0.15) is 0 Å². The van der Waals surface area contributed by atoms with E-state index in [2.05, 4.69) is 15.9 Å². The molecule has 0 amide bonds. The number of rotatable bonds is 4. The van der Waals surface area contributed by atoms with Crippen LogP contribution in [-0.4, -0.2) is 16.9 Å². The van der Waals surface area contributed by atoms with Gasteiger partial charge in [0.2, 0.25) is 0 Å². The molecule has 0 aromatic carbocycles. The van der Waals surface area contributed by atoms with Crippen molar-refractivity contribution in [2.75, 3.05) is 5.33 Å². The molecule has 66 valence electrons. The molecule has 0 rings (SSSR count). The summed E-state index contributed by atoms with van der Waals surface area (Å²) in [5, 5.41) is 0.858. The number of hydrogen-bond acceptors (Lipinski definition) is 2. The standard InChI is InChI=1S/C8H15BrO2/c1-4-7(10)11-8(2,3)5-6-9/h4-6H2,1-3H3. The molecule has 0 aliphatic heterocycles. The van der Waals surface area contributed by atoms with Crippen molar-refractivity contribution in [3.05, 3.63) is 0 Å². The van der Waals surface area contributed by atoms with Crippen molar-refractivity contribution in [1.82, 2.24) is 0 Å². The van der Waals surface area contributed by atoms with Crippen molar-refractivity contribution in [3.63, 3.8) is 0 Å². The molecule has 3 heteroatoms. The van der Waals surface area contributed by atoms with Gasteiger partial charge in [0.1, 0.15) is 5.60 Å². The zero-order valence-corrected chi connectivity index (χ0v) is 8.90. The molecule has 0 radical (unpaired) electrons. The van der Waals surface area contributed by atoms with Crippen LogP contribution in [0, 0.1) is 0 Å². The summed E-state index contributed by atoms with van der Waals surface area (Å²) in [5.41, 5.74) is -0.323. The number of carbonyl (C=O) groups excluding carboxylic acids is 1. The SMILES string of the molecule is CCC(=O)OC(C)(C)CCBr. The second-order valence-electron chi connectivity index (χ2n) is 3.03. The Morgan fingerprint density at radius 3 is 2.45 bits per heavy atom. The lowest BCUT2D eigenvalue weighted by Crippen LogP contribution is -2.28. The van der Waals surface area contributed by atoms with Gasteiger partial charge in [0.05, 0.1) is 0 Å². The van der Waals surface area contributed by atoms with Crippen LogP contribution in [0.3, 0.4) is 0 Å². The minimum Gasteiger partial charge on any atom is -0.460 e. The van der Waals surface area contributed by atoms with Crippen molar-refractivity contribution < 1.29 is 9.53 Å². The van der Waals surface area contributed by atoms with Crippen LogP contribution in [-0.2, 0) is 9.53 Å². The molecular weight excluding hydrogens is 208 g/mol. The summed E-state index contributed by atoms with van der Waals surface area (Å²) >= 11 is 3.31. The Hall–Kier alpha value is -0.0500. The van der Waals surface area contributed by atoms with Crippen LogP contribution in [0.2, 0.25) is 0 Å². The zero-order chi connectivity index (χ0) is 8.91. The van der Waals surface area contributed by atoms with Gasteiger partial charge in [-0.05, 0) is 20.3 Å². The van der Waals surface area contributed by atoms with E-state index < -0.39 is 0 Å². The van der Waals surface area contributed by atoms with E-state index in [1.165, 1.54) is 0 Å². The Kier molecular flexibility index (Phi) is 4.73. The number of carbonyl (C=O) groups is 1. The topological polar surface area (TPSA) is 26.3 Å². The minimum atomic E-state index is -0.323. The van der Waals surface area contributed by atoms with Gasteiger partial charge in [-0.3, -0.25) is 4.79 Å². The zero-order valence-electron chi connectivity index (χ0n) is 7.32. The van der Waals surface area contributed by atoms with Crippen molar-refractivity contribution in [1.29, 1.82) is 0 Å². The maximum atomic E-state index is 10.9. The first-order valence-corrected chi connectivity index (χ1v) is 4.92. The predicted molar refractivity (Wildman–Crippen MR) is 48.9 cm³/mol. The molecule has 0 unspecified atom stereocenters. The fourth-order valence-electron chi connectivity index (χ4n) is 0.659. The van der Waals surface area contributed by atoms with Gasteiger partial charge in [-0.15, -0.1) is 0 Å². The Labute approximate surface area is 76.4 Å². The Morgan fingerprint density at radius 1 is 1.55 bits per heavy atom. The van der Waals surface area contributed by atoms with E-state index in [1.807, 2.05) is 13.8 Å². The van der Waals surface area contributed by atoms with Gasteiger partial charge in [0, 0.05) is 11.8 Å². The van der Waals surface area contributed by atoms with Crippen LogP contribution in [0.4, 0.5) is 0 Å². The molecule has 0 saturated carbocycles. The quantitative estimate of drug-likeness (QED) is 0.540. The average Bonchev–Trinajstić information content (AvgIpc) is 1.86. The summed E-state index contributed by atoms with van der Waals surface area (Å²) in [5.74, 6) is -0.129. The van der Waals surface area contributed by atoms with Crippen molar-refractivity contribution in [2.45, 2.75) is 39.2 Å². The highest BCUT2D eigenvalue weighted by molar-refractivity contribution is 9.09. The lowest BCUT2D eigenvalue weighted by molar-refractivity contribution is -0.156. The molecule has 0 atom stereocenters. The van der Waals surface area contributed by atoms with Crippen molar-refractivity contribution in [2.24, 2.45) is 0 Å². The van der Waals surface area contributed by atoms with Crippen LogP contribution >= 0.6 is 15.9 Å². The number of esters is 1. The summed E-state index contributed by atoms with van der Waals surface area (Å²) in [4.78, 5) is 10.9. The molecule has 11 heavy (non-hydrogen) atoms. The molecule has 2 nitrogen and oxygen atoms in total. The smallest absolute Gasteiger partial charge is 0.306 e. The molecule has 0 aliphatic carbocycles. The molecule has 0 bridgehead atoms. The van der Waals surface area contributed by atoms with Crippen molar-refractivity contribution >= 4 is 21.9 Å². The van der Waals surface area contributed by atoms with E-state index in [1.54, 1.807) is 6.92 Å². The van der Waals surface area contributed by atoms with Gasteiger partial charge < -0.3 is 4.74 Å². The molecule has 0 aromatic rings. The van der Waals surface area contributed by atoms with Crippen LogP contribution < -0.4 is 0 Å². The largest absolute Gasteiger partial charge is 0.460 e. The molecule has 0 aromatic heterocycles. The average molecular weight is 223 g/mol. The number of alkyl halides is 1. The van der Waals surface area contributed by atoms with Gasteiger partial charge in [0.25, 0.3) is 0 Å². The Balaban J connectivity index is 3.80. The second-order valence-corrected chi connectivity index (χ2v) is 3.82. The summed E-state index contributed by atoms with van der Waals surface area (Å²) < 4.78 is 5.16.